The van der Waals surface area contributed by atoms with Crippen molar-refractivity contribution in [1.82, 2.24) is 0 Å². The molecule has 5 nitrogen and oxygen atoms in total. The van der Waals surface area contributed by atoms with E-state index in [0.29, 0.717) is 23.2 Å². The van der Waals surface area contributed by atoms with Crippen LogP contribution in [-0.4, -0.2) is 30.3 Å². The number of aliphatic hydroxyl groups is 1. The molecule has 4 aliphatic rings. The van der Waals surface area contributed by atoms with E-state index in [9.17, 15) is 18.1 Å². The van der Waals surface area contributed by atoms with Crippen LogP contribution in [0, 0.1) is 40.4 Å². The van der Waals surface area contributed by atoms with Gasteiger partial charge in [0, 0.05) is 0 Å². The Kier molecular flexibility index (Phi) is 6.77. The fourth-order valence-electron chi connectivity index (χ4n) is 8.30. The van der Waals surface area contributed by atoms with Crippen molar-refractivity contribution < 1.29 is 51.8 Å². The third-order valence-electron chi connectivity index (χ3n) is 9.55. The van der Waals surface area contributed by atoms with Crippen LogP contribution in [0.1, 0.15) is 78.6 Å². The van der Waals surface area contributed by atoms with Crippen LogP contribution in [0.4, 0.5) is 0 Å². The topological polar surface area (TPSA) is 86.7 Å². The Morgan fingerprint density at radius 3 is 2.32 bits per heavy atom. The summed E-state index contributed by atoms with van der Waals surface area (Å²) in [6, 6.07) is 0. The van der Waals surface area contributed by atoms with Crippen LogP contribution >= 0.6 is 0 Å². The molecule has 156 valence electrons. The van der Waals surface area contributed by atoms with Crippen LogP contribution in [-0.2, 0) is 14.6 Å². The summed E-state index contributed by atoms with van der Waals surface area (Å²) >= 11 is 0. The average Bonchev–Trinajstić information content (AvgIpc) is 2.91. The standard InChI is InChI=1S/C21H36O5S.Na/c1-13(26-27(23,24)25)17-6-7-18-16-5-4-14-12-15(22)8-10-20(14,2)19(16)9-11-21(17,18)3;/h13-19,22H,4-12H2,1-3H3,(H,23,24,25);/q;+1/p-1/t13-,14-,15+,16-,17+,18-,19-,20-,21+;/m0./s1. The minimum Gasteiger partial charge on any atom is -0.726 e. The fourth-order valence-corrected chi connectivity index (χ4v) is 8.81. The van der Waals surface area contributed by atoms with E-state index in [1.165, 1.54) is 19.3 Å². The normalized spacial score (nSPS) is 49.3. The molecule has 0 saturated heterocycles. The summed E-state index contributed by atoms with van der Waals surface area (Å²) in [5, 5.41) is 10.1. The first-order chi connectivity index (χ1) is 12.5. The number of hydrogen-bond donors (Lipinski definition) is 1. The van der Waals surface area contributed by atoms with E-state index < -0.39 is 16.5 Å². The van der Waals surface area contributed by atoms with E-state index in [0.717, 1.165) is 44.4 Å². The predicted molar refractivity (Wildman–Crippen MR) is 101 cm³/mol. The molecule has 4 saturated carbocycles. The second-order valence-electron chi connectivity index (χ2n) is 10.5. The predicted octanol–water partition coefficient (Wildman–Crippen LogP) is 0.876. The first-order valence-corrected chi connectivity index (χ1v) is 12.2. The fraction of sp³-hybridized carbons (Fsp3) is 1.00. The van der Waals surface area contributed by atoms with Crippen molar-refractivity contribution >= 4 is 10.4 Å². The summed E-state index contributed by atoms with van der Waals surface area (Å²) < 4.78 is 38.2. The number of fused-ring (bicyclic) bond motifs is 5. The molecule has 0 aromatic rings. The first kappa shape index (κ1) is 23.5. The maximum Gasteiger partial charge on any atom is 1.00 e. The molecular weight excluding hydrogens is 387 g/mol. The van der Waals surface area contributed by atoms with Crippen molar-refractivity contribution in [2.45, 2.75) is 90.8 Å². The molecule has 0 bridgehead atoms. The molecule has 4 fully saturated rings. The van der Waals surface area contributed by atoms with Crippen LogP contribution in [0.25, 0.3) is 0 Å². The van der Waals surface area contributed by atoms with Crippen molar-refractivity contribution in [2.75, 3.05) is 0 Å². The number of aliphatic hydroxyl groups excluding tert-OH is 1. The maximum atomic E-state index is 11.1. The first-order valence-electron chi connectivity index (χ1n) is 10.9. The van der Waals surface area contributed by atoms with Gasteiger partial charge in [-0.1, -0.05) is 13.8 Å². The molecule has 4 rings (SSSR count). The molecule has 0 aromatic heterocycles. The van der Waals surface area contributed by atoms with Gasteiger partial charge in [0.05, 0.1) is 12.2 Å². The molecule has 0 heterocycles. The maximum absolute atomic E-state index is 11.1. The SMILES string of the molecule is C[C@H](OS(=O)(=O)[O-])[C@H]1CC[C@H]2[C@@H]3CC[C@H]4C[C@H](O)CC[C@]4(C)[C@H]3CC[C@]12C.[Na+]. The second-order valence-corrected chi connectivity index (χ2v) is 11.5. The minimum atomic E-state index is -4.65. The van der Waals surface area contributed by atoms with Gasteiger partial charge in [-0.25, -0.2) is 8.42 Å². The third kappa shape index (κ3) is 3.89. The summed E-state index contributed by atoms with van der Waals surface area (Å²) in [6.45, 7) is 6.56. The molecule has 7 heteroatoms. The Balaban J connectivity index is 0.00000225. The van der Waals surface area contributed by atoms with Gasteiger partial charge in [-0.05, 0) is 105 Å². The zero-order valence-corrected chi connectivity index (χ0v) is 20.7. The van der Waals surface area contributed by atoms with Gasteiger partial charge < -0.3 is 9.66 Å². The van der Waals surface area contributed by atoms with E-state index in [1.54, 1.807) is 6.92 Å². The van der Waals surface area contributed by atoms with Crippen LogP contribution in [0.3, 0.4) is 0 Å². The van der Waals surface area contributed by atoms with Crippen molar-refractivity contribution in [2.24, 2.45) is 40.4 Å². The average molecular weight is 423 g/mol. The Bertz CT molecular complexity index is 684. The molecule has 4 aliphatic carbocycles. The van der Waals surface area contributed by atoms with E-state index in [-0.39, 0.29) is 47.0 Å². The Morgan fingerprint density at radius 2 is 1.64 bits per heavy atom. The molecule has 1 N–H and O–H groups in total. The van der Waals surface area contributed by atoms with Crippen molar-refractivity contribution in [3.05, 3.63) is 0 Å². The van der Waals surface area contributed by atoms with E-state index in [4.69, 9.17) is 4.18 Å². The van der Waals surface area contributed by atoms with Gasteiger partial charge in [0.2, 0.25) is 10.4 Å². The number of hydrogen-bond acceptors (Lipinski definition) is 5. The van der Waals surface area contributed by atoms with Crippen LogP contribution in [0.15, 0.2) is 0 Å². The van der Waals surface area contributed by atoms with Crippen LogP contribution in [0.2, 0.25) is 0 Å². The monoisotopic (exact) mass is 422 g/mol. The summed E-state index contributed by atoms with van der Waals surface area (Å²) in [5.41, 5.74) is 0.421. The molecule has 0 spiro atoms. The van der Waals surface area contributed by atoms with Crippen LogP contribution in [0.5, 0.6) is 0 Å². The Hall–Kier alpha value is 0.830. The largest absolute Gasteiger partial charge is 1.00 e. The smallest absolute Gasteiger partial charge is 0.726 e. The van der Waals surface area contributed by atoms with Gasteiger partial charge in [-0.2, -0.15) is 0 Å². The van der Waals surface area contributed by atoms with E-state index in [1.807, 2.05) is 0 Å². The van der Waals surface area contributed by atoms with Gasteiger partial charge in [-0.3, -0.25) is 4.18 Å². The molecule has 0 aromatic carbocycles. The van der Waals surface area contributed by atoms with E-state index in [2.05, 4.69) is 13.8 Å². The third-order valence-corrected chi connectivity index (χ3v) is 10.1. The molecular formula is C21H35NaO5S. The summed E-state index contributed by atoms with van der Waals surface area (Å²) in [4.78, 5) is 0. The van der Waals surface area contributed by atoms with Gasteiger partial charge in [-0.15, -0.1) is 0 Å². The second kappa shape index (κ2) is 8.07. The van der Waals surface area contributed by atoms with Crippen molar-refractivity contribution in [3.8, 4) is 0 Å². The van der Waals surface area contributed by atoms with Crippen molar-refractivity contribution in [1.29, 1.82) is 0 Å². The van der Waals surface area contributed by atoms with Gasteiger partial charge in [0.15, 0.2) is 0 Å². The molecule has 0 unspecified atom stereocenters. The summed E-state index contributed by atoms with van der Waals surface area (Å²) in [7, 11) is -4.65. The summed E-state index contributed by atoms with van der Waals surface area (Å²) in [6.07, 6.45) is 9.22. The zero-order chi connectivity index (χ0) is 19.6. The van der Waals surface area contributed by atoms with Gasteiger partial charge in [0.1, 0.15) is 0 Å². The van der Waals surface area contributed by atoms with Crippen LogP contribution < -0.4 is 29.6 Å². The number of rotatable bonds is 3. The van der Waals surface area contributed by atoms with Gasteiger partial charge >= 0.3 is 29.6 Å². The zero-order valence-electron chi connectivity index (χ0n) is 17.9. The quantitative estimate of drug-likeness (QED) is 0.414. The Morgan fingerprint density at radius 1 is 1.00 bits per heavy atom. The summed E-state index contributed by atoms with van der Waals surface area (Å²) in [5.74, 6) is 2.82. The van der Waals surface area contributed by atoms with Crippen molar-refractivity contribution in [3.63, 3.8) is 0 Å². The molecule has 9 atom stereocenters. The van der Waals surface area contributed by atoms with Gasteiger partial charge in [0.25, 0.3) is 0 Å². The molecule has 0 amide bonds. The Labute approximate surface area is 192 Å². The molecule has 28 heavy (non-hydrogen) atoms. The molecule has 0 radical (unpaired) electrons. The minimum absolute atomic E-state index is 0. The molecule has 0 aliphatic heterocycles. The van der Waals surface area contributed by atoms with E-state index >= 15 is 0 Å².